The molecule has 0 radical (unpaired) electrons. The summed E-state index contributed by atoms with van der Waals surface area (Å²) in [7, 11) is 0. The highest BCUT2D eigenvalue weighted by molar-refractivity contribution is 5.38. The first kappa shape index (κ1) is 8.57. The van der Waals surface area contributed by atoms with Crippen molar-refractivity contribution in [2.24, 2.45) is 11.7 Å². The largest absolute Gasteiger partial charge is 0.508 e. The van der Waals surface area contributed by atoms with Crippen molar-refractivity contribution in [1.29, 1.82) is 0 Å². The van der Waals surface area contributed by atoms with Gasteiger partial charge in [-0.3, -0.25) is 0 Å². The topological polar surface area (TPSA) is 46.2 Å². The first-order chi connectivity index (χ1) is 6.16. The van der Waals surface area contributed by atoms with Crippen LogP contribution in [-0.4, -0.2) is 11.1 Å². The number of aromatic hydroxyl groups is 1. The quantitative estimate of drug-likeness (QED) is 0.682. The van der Waals surface area contributed by atoms with E-state index in [2.05, 4.69) is 6.92 Å². The molecule has 0 heterocycles. The van der Waals surface area contributed by atoms with Crippen LogP contribution < -0.4 is 5.73 Å². The van der Waals surface area contributed by atoms with E-state index in [0.717, 1.165) is 12.8 Å². The molecule has 0 saturated carbocycles. The van der Waals surface area contributed by atoms with Crippen LogP contribution in [0, 0.1) is 5.92 Å². The van der Waals surface area contributed by atoms with Gasteiger partial charge in [0, 0.05) is 6.04 Å². The fourth-order valence-corrected chi connectivity index (χ4v) is 2.01. The lowest BCUT2D eigenvalue weighted by atomic mass is 9.99. The highest BCUT2D eigenvalue weighted by Gasteiger charge is 2.24. The Morgan fingerprint density at radius 3 is 2.77 bits per heavy atom. The van der Waals surface area contributed by atoms with Crippen LogP contribution in [0.5, 0.6) is 5.75 Å². The van der Waals surface area contributed by atoms with Crippen LogP contribution >= 0.6 is 0 Å². The minimum atomic E-state index is 0.245. The van der Waals surface area contributed by atoms with Gasteiger partial charge in [0.05, 0.1) is 0 Å². The molecule has 13 heavy (non-hydrogen) atoms. The van der Waals surface area contributed by atoms with E-state index in [1.54, 1.807) is 6.07 Å². The van der Waals surface area contributed by atoms with Gasteiger partial charge in [-0.2, -0.15) is 0 Å². The SMILES string of the molecule is CC(N)C1Cc2ccc(O)cc2C1. The van der Waals surface area contributed by atoms with E-state index in [1.807, 2.05) is 12.1 Å². The van der Waals surface area contributed by atoms with Crippen molar-refractivity contribution in [2.45, 2.75) is 25.8 Å². The highest BCUT2D eigenvalue weighted by Crippen LogP contribution is 2.30. The molecule has 3 N–H and O–H groups in total. The third kappa shape index (κ3) is 1.54. The second-order valence-corrected chi connectivity index (χ2v) is 3.98. The number of rotatable bonds is 1. The summed E-state index contributed by atoms with van der Waals surface area (Å²) in [5.41, 5.74) is 8.47. The lowest BCUT2D eigenvalue weighted by Gasteiger charge is -2.12. The molecule has 70 valence electrons. The predicted octanol–water partition coefficient (Wildman–Crippen LogP) is 1.45. The molecule has 2 nitrogen and oxygen atoms in total. The first-order valence-electron chi connectivity index (χ1n) is 4.73. The molecule has 2 atom stereocenters. The van der Waals surface area contributed by atoms with Crippen molar-refractivity contribution in [2.75, 3.05) is 0 Å². The monoisotopic (exact) mass is 177 g/mol. The van der Waals surface area contributed by atoms with Crippen LogP contribution in [0.3, 0.4) is 0 Å². The number of phenolic OH excluding ortho intramolecular Hbond substituents is 1. The Morgan fingerprint density at radius 1 is 1.38 bits per heavy atom. The van der Waals surface area contributed by atoms with Gasteiger partial charge in [0.1, 0.15) is 5.75 Å². The van der Waals surface area contributed by atoms with E-state index in [-0.39, 0.29) is 6.04 Å². The van der Waals surface area contributed by atoms with E-state index in [9.17, 15) is 5.11 Å². The van der Waals surface area contributed by atoms with Crippen LogP contribution in [0.15, 0.2) is 18.2 Å². The molecule has 0 saturated heterocycles. The standard InChI is InChI=1S/C11H15NO/c1-7(12)9-4-8-2-3-11(13)6-10(8)5-9/h2-3,6-7,9,13H,4-5,12H2,1H3. The van der Waals surface area contributed by atoms with Gasteiger partial charge in [0.2, 0.25) is 0 Å². The summed E-state index contributed by atoms with van der Waals surface area (Å²) in [4.78, 5) is 0. The highest BCUT2D eigenvalue weighted by atomic mass is 16.3. The maximum Gasteiger partial charge on any atom is 0.115 e. The number of benzene rings is 1. The van der Waals surface area contributed by atoms with Crippen molar-refractivity contribution >= 4 is 0 Å². The van der Waals surface area contributed by atoms with E-state index in [1.165, 1.54) is 11.1 Å². The molecule has 0 amide bonds. The molecular formula is C11H15NO. The number of hydrogen-bond acceptors (Lipinski definition) is 2. The molecule has 0 aliphatic heterocycles. The Labute approximate surface area is 78.4 Å². The normalized spacial score (nSPS) is 22.8. The van der Waals surface area contributed by atoms with Crippen molar-refractivity contribution in [3.05, 3.63) is 29.3 Å². The van der Waals surface area contributed by atoms with Gasteiger partial charge < -0.3 is 10.8 Å². The van der Waals surface area contributed by atoms with Gasteiger partial charge in [0.15, 0.2) is 0 Å². The van der Waals surface area contributed by atoms with Gasteiger partial charge in [-0.1, -0.05) is 6.07 Å². The van der Waals surface area contributed by atoms with E-state index in [4.69, 9.17) is 5.73 Å². The molecule has 1 aliphatic rings. The third-order valence-electron chi connectivity index (χ3n) is 2.90. The Bertz CT molecular complexity index is 320. The van der Waals surface area contributed by atoms with Crippen LogP contribution in [0.4, 0.5) is 0 Å². The van der Waals surface area contributed by atoms with Crippen LogP contribution in [0.1, 0.15) is 18.1 Å². The van der Waals surface area contributed by atoms with Crippen LogP contribution in [0.25, 0.3) is 0 Å². The lowest BCUT2D eigenvalue weighted by molar-refractivity contribution is 0.464. The molecule has 1 aliphatic carbocycles. The summed E-state index contributed by atoms with van der Waals surface area (Å²) < 4.78 is 0. The molecule has 2 heteroatoms. The van der Waals surface area contributed by atoms with Crippen molar-refractivity contribution in [3.8, 4) is 5.75 Å². The second-order valence-electron chi connectivity index (χ2n) is 3.98. The first-order valence-corrected chi connectivity index (χ1v) is 4.73. The maximum atomic E-state index is 9.29. The second kappa shape index (κ2) is 3.04. The maximum absolute atomic E-state index is 9.29. The van der Waals surface area contributed by atoms with Crippen molar-refractivity contribution < 1.29 is 5.11 Å². The van der Waals surface area contributed by atoms with E-state index >= 15 is 0 Å². The predicted molar refractivity (Wildman–Crippen MR) is 52.7 cm³/mol. The molecule has 0 aromatic heterocycles. The molecule has 2 unspecified atom stereocenters. The molecule has 0 fully saturated rings. The molecule has 0 bridgehead atoms. The Hall–Kier alpha value is -1.02. The number of hydrogen-bond donors (Lipinski definition) is 2. The number of nitrogens with two attached hydrogens (primary N) is 1. The molecular weight excluding hydrogens is 162 g/mol. The zero-order chi connectivity index (χ0) is 9.42. The van der Waals surface area contributed by atoms with E-state index in [0.29, 0.717) is 11.7 Å². The fourth-order valence-electron chi connectivity index (χ4n) is 2.01. The van der Waals surface area contributed by atoms with Crippen molar-refractivity contribution in [1.82, 2.24) is 0 Å². The van der Waals surface area contributed by atoms with Crippen LogP contribution in [0.2, 0.25) is 0 Å². The summed E-state index contributed by atoms with van der Waals surface area (Å²) in [5.74, 6) is 0.917. The minimum Gasteiger partial charge on any atom is -0.508 e. The summed E-state index contributed by atoms with van der Waals surface area (Å²) in [6.07, 6.45) is 2.08. The summed E-state index contributed by atoms with van der Waals surface area (Å²) in [5, 5.41) is 9.29. The molecule has 1 aromatic rings. The minimum absolute atomic E-state index is 0.245. The van der Waals surface area contributed by atoms with Gasteiger partial charge in [-0.25, -0.2) is 0 Å². The van der Waals surface area contributed by atoms with Gasteiger partial charge >= 0.3 is 0 Å². The zero-order valence-electron chi connectivity index (χ0n) is 7.83. The molecule has 2 rings (SSSR count). The summed E-state index contributed by atoms with van der Waals surface area (Å²) in [6.45, 7) is 2.05. The van der Waals surface area contributed by atoms with Crippen LogP contribution in [-0.2, 0) is 12.8 Å². The fraction of sp³-hybridized carbons (Fsp3) is 0.455. The summed E-state index contributed by atoms with van der Waals surface area (Å²) in [6, 6.07) is 5.86. The molecule has 1 aromatic carbocycles. The Morgan fingerprint density at radius 2 is 2.08 bits per heavy atom. The lowest BCUT2D eigenvalue weighted by Crippen LogP contribution is -2.26. The summed E-state index contributed by atoms with van der Waals surface area (Å²) >= 11 is 0. The third-order valence-corrected chi connectivity index (χ3v) is 2.90. The Kier molecular flexibility index (Phi) is 2.00. The average Bonchev–Trinajstić information content (AvgIpc) is 2.46. The zero-order valence-corrected chi connectivity index (χ0v) is 7.83. The van der Waals surface area contributed by atoms with Crippen molar-refractivity contribution in [3.63, 3.8) is 0 Å². The average molecular weight is 177 g/mol. The number of phenols is 1. The van der Waals surface area contributed by atoms with Gasteiger partial charge in [-0.15, -0.1) is 0 Å². The Balaban J connectivity index is 2.25. The van der Waals surface area contributed by atoms with Gasteiger partial charge in [-0.05, 0) is 48.9 Å². The number of fused-ring (bicyclic) bond motifs is 1. The molecule has 0 spiro atoms. The van der Waals surface area contributed by atoms with Gasteiger partial charge in [0.25, 0.3) is 0 Å². The van der Waals surface area contributed by atoms with E-state index < -0.39 is 0 Å². The smallest absolute Gasteiger partial charge is 0.115 e.